The Kier molecular flexibility index (Phi) is 7.11. The highest BCUT2D eigenvalue weighted by atomic mass is 16.7. The molecule has 1 atom stereocenters. The van der Waals surface area contributed by atoms with Gasteiger partial charge in [0.05, 0.1) is 0 Å². The molecule has 1 unspecified atom stereocenters. The molecule has 0 amide bonds. The molecule has 64 valence electrons. The fourth-order valence-corrected chi connectivity index (χ4v) is 0.596. The van der Waals surface area contributed by atoms with Gasteiger partial charge in [0.15, 0.2) is 6.29 Å². The summed E-state index contributed by atoms with van der Waals surface area (Å²) >= 11 is 0. The molecule has 0 heterocycles. The maximum atomic E-state index is 6.49. The van der Waals surface area contributed by atoms with Crippen molar-refractivity contribution in [2.45, 2.75) is 26.6 Å². The average molecular weight is 157 g/mol. The standard InChI is InChI=1S/C8H15NO2/c1-4-6-10-8(2)11-7-5-9-3/h8H,4-7H2,1-2H3. The summed E-state index contributed by atoms with van der Waals surface area (Å²) in [5.41, 5.74) is 0. The molecule has 0 aromatic heterocycles. The number of nitrogens with zero attached hydrogens (tertiary/aromatic N) is 1. The Morgan fingerprint density at radius 2 is 2.00 bits per heavy atom. The van der Waals surface area contributed by atoms with Crippen LogP contribution in [-0.2, 0) is 9.47 Å². The Bertz CT molecular complexity index is 120. The van der Waals surface area contributed by atoms with Crippen molar-refractivity contribution in [2.75, 3.05) is 19.8 Å². The van der Waals surface area contributed by atoms with E-state index in [1.807, 2.05) is 13.8 Å². The lowest BCUT2D eigenvalue weighted by molar-refractivity contribution is -0.127. The second kappa shape index (κ2) is 7.52. The van der Waals surface area contributed by atoms with E-state index in [4.69, 9.17) is 16.0 Å². The lowest BCUT2D eigenvalue weighted by Gasteiger charge is -2.10. The molecular weight excluding hydrogens is 142 g/mol. The van der Waals surface area contributed by atoms with Crippen molar-refractivity contribution in [2.24, 2.45) is 0 Å². The normalized spacial score (nSPS) is 12.5. The van der Waals surface area contributed by atoms with Gasteiger partial charge in [-0.3, -0.25) is 0 Å². The van der Waals surface area contributed by atoms with Crippen molar-refractivity contribution in [3.63, 3.8) is 0 Å². The third-order valence-electron chi connectivity index (χ3n) is 1.11. The molecule has 0 fully saturated rings. The Labute approximate surface area is 68.1 Å². The summed E-state index contributed by atoms with van der Waals surface area (Å²) in [6.45, 7) is 12.0. The summed E-state index contributed by atoms with van der Waals surface area (Å²) in [7, 11) is 0. The van der Waals surface area contributed by atoms with Crippen molar-refractivity contribution in [3.05, 3.63) is 11.4 Å². The largest absolute Gasteiger partial charge is 0.353 e. The maximum Gasteiger partial charge on any atom is 0.237 e. The quantitative estimate of drug-likeness (QED) is 0.332. The first-order valence-corrected chi connectivity index (χ1v) is 3.87. The molecule has 0 radical (unpaired) electrons. The SMILES string of the molecule is [C-]#[N+]CCOC(C)OCCC. The van der Waals surface area contributed by atoms with E-state index in [0.717, 1.165) is 13.0 Å². The highest BCUT2D eigenvalue weighted by molar-refractivity contribution is 4.55. The minimum Gasteiger partial charge on any atom is -0.353 e. The summed E-state index contributed by atoms with van der Waals surface area (Å²) in [4.78, 5) is 3.16. The molecule has 3 heteroatoms. The molecule has 3 nitrogen and oxygen atoms in total. The van der Waals surface area contributed by atoms with Gasteiger partial charge in [0.25, 0.3) is 0 Å². The van der Waals surface area contributed by atoms with Gasteiger partial charge in [-0.2, -0.15) is 0 Å². The van der Waals surface area contributed by atoms with Crippen LogP contribution in [0.15, 0.2) is 0 Å². The van der Waals surface area contributed by atoms with Crippen molar-refractivity contribution >= 4 is 0 Å². The minimum absolute atomic E-state index is 0.170. The molecule has 0 spiro atoms. The molecule has 0 aliphatic heterocycles. The van der Waals surface area contributed by atoms with Gasteiger partial charge in [-0.25, -0.2) is 6.57 Å². The van der Waals surface area contributed by atoms with Crippen LogP contribution < -0.4 is 0 Å². The minimum atomic E-state index is -0.170. The lowest BCUT2D eigenvalue weighted by Crippen LogP contribution is -2.15. The van der Waals surface area contributed by atoms with Gasteiger partial charge in [-0.05, 0) is 13.3 Å². The van der Waals surface area contributed by atoms with Gasteiger partial charge >= 0.3 is 0 Å². The van der Waals surface area contributed by atoms with E-state index in [1.165, 1.54) is 0 Å². The highest BCUT2D eigenvalue weighted by Gasteiger charge is 2.00. The highest BCUT2D eigenvalue weighted by Crippen LogP contribution is 1.94. The van der Waals surface area contributed by atoms with Crippen LogP contribution in [0.25, 0.3) is 4.85 Å². The van der Waals surface area contributed by atoms with Gasteiger partial charge in [0, 0.05) is 6.61 Å². The first kappa shape index (κ1) is 10.4. The van der Waals surface area contributed by atoms with E-state index in [9.17, 15) is 0 Å². The van der Waals surface area contributed by atoms with E-state index in [0.29, 0.717) is 13.2 Å². The Hall–Kier alpha value is -0.590. The van der Waals surface area contributed by atoms with Gasteiger partial charge in [0.1, 0.15) is 6.61 Å². The van der Waals surface area contributed by atoms with Crippen LogP contribution in [0.3, 0.4) is 0 Å². The summed E-state index contributed by atoms with van der Waals surface area (Å²) in [6.07, 6.45) is 0.827. The van der Waals surface area contributed by atoms with Crippen LogP contribution in [0.4, 0.5) is 0 Å². The van der Waals surface area contributed by atoms with Gasteiger partial charge in [0.2, 0.25) is 6.54 Å². The predicted octanol–water partition coefficient (Wildman–Crippen LogP) is 1.69. The van der Waals surface area contributed by atoms with Crippen molar-refractivity contribution in [1.29, 1.82) is 0 Å². The van der Waals surface area contributed by atoms with E-state index >= 15 is 0 Å². The summed E-state index contributed by atoms with van der Waals surface area (Å²) in [5, 5.41) is 0. The van der Waals surface area contributed by atoms with E-state index in [-0.39, 0.29) is 6.29 Å². The summed E-state index contributed by atoms with van der Waals surface area (Å²) in [6, 6.07) is 0. The van der Waals surface area contributed by atoms with Crippen LogP contribution >= 0.6 is 0 Å². The second-order valence-corrected chi connectivity index (χ2v) is 2.19. The molecule has 0 N–H and O–H groups in total. The number of hydrogen-bond acceptors (Lipinski definition) is 2. The lowest BCUT2D eigenvalue weighted by atomic mass is 10.5. The third-order valence-corrected chi connectivity index (χ3v) is 1.11. The molecule has 0 bridgehead atoms. The molecule has 0 aromatic rings. The van der Waals surface area contributed by atoms with Crippen molar-refractivity contribution in [3.8, 4) is 0 Å². The average Bonchev–Trinajstić information content (AvgIpc) is 2.01. The third kappa shape index (κ3) is 7.31. The number of rotatable bonds is 6. The smallest absolute Gasteiger partial charge is 0.237 e. The van der Waals surface area contributed by atoms with Crippen LogP contribution in [0, 0.1) is 6.57 Å². The number of ether oxygens (including phenoxy) is 2. The molecule has 0 aromatic carbocycles. The fraction of sp³-hybridized carbons (Fsp3) is 0.875. The van der Waals surface area contributed by atoms with Crippen LogP contribution in [0.1, 0.15) is 20.3 Å². The van der Waals surface area contributed by atoms with Gasteiger partial charge in [-0.15, -0.1) is 0 Å². The van der Waals surface area contributed by atoms with Crippen molar-refractivity contribution < 1.29 is 9.47 Å². The molecule has 0 aliphatic rings. The Morgan fingerprint density at radius 1 is 1.36 bits per heavy atom. The molecule has 0 aliphatic carbocycles. The summed E-state index contributed by atoms with van der Waals surface area (Å²) < 4.78 is 10.4. The molecule has 0 rings (SSSR count). The Morgan fingerprint density at radius 3 is 2.55 bits per heavy atom. The van der Waals surface area contributed by atoms with E-state index < -0.39 is 0 Å². The van der Waals surface area contributed by atoms with Gasteiger partial charge < -0.3 is 14.3 Å². The van der Waals surface area contributed by atoms with E-state index in [1.54, 1.807) is 0 Å². The van der Waals surface area contributed by atoms with Crippen molar-refractivity contribution in [1.82, 2.24) is 0 Å². The zero-order valence-electron chi connectivity index (χ0n) is 7.17. The maximum absolute atomic E-state index is 6.49. The zero-order valence-corrected chi connectivity index (χ0v) is 7.17. The molecule has 0 saturated heterocycles. The first-order valence-electron chi connectivity index (χ1n) is 3.87. The summed E-state index contributed by atoms with van der Waals surface area (Å²) in [5.74, 6) is 0. The molecule has 11 heavy (non-hydrogen) atoms. The first-order chi connectivity index (χ1) is 5.31. The number of hydrogen-bond donors (Lipinski definition) is 0. The van der Waals surface area contributed by atoms with Crippen LogP contribution in [-0.4, -0.2) is 26.0 Å². The fourth-order valence-electron chi connectivity index (χ4n) is 0.596. The van der Waals surface area contributed by atoms with Crippen LogP contribution in [0.5, 0.6) is 0 Å². The molecule has 0 saturated carbocycles. The topological polar surface area (TPSA) is 22.8 Å². The molecular formula is C8H15NO2. The Balaban J connectivity index is 3.10. The van der Waals surface area contributed by atoms with E-state index in [2.05, 4.69) is 4.85 Å². The predicted molar refractivity (Wildman–Crippen MR) is 43.1 cm³/mol. The van der Waals surface area contributed by atoms with Gasteiger partial charge in [-0.1, -0.05) is 6.92 Å². The van der Waals surface area contributed by atoms with Crippen LogP contribution in [0.2, 0.25) is 0 Å². The zero-order chi connectivity index (χ0) is 8.53. The second-order valence-electron chi connectivity index (χ2n) is 2.19. The monoisotopic (exact) mass is 157 g/mol.